The molecule has 2 N–H and O–H groups in total. The highest BCUT2D eigenvalue weighted by Gasteiger charge is 2.18. The quantitative estimate of drug-likeness (QED) is 0.520. The largest absolute Gasteiger partial charge is 0.338 e. The summed E-state index contributed by atoms with van der Waals surface area (Å²) in [6, 6.07) is 13.8. The summed E-state index contributed by atoms with van der Waals surface area (Å²) >= 11 is 1.29. The summed E-state index contributed by atoms with van der Waals surface area (Å²) in [6.45, 7) is 5.85. The highest BCUT2D eigenvalue weighted by Crippen LogP contribution is 2.26. The molecule has 4 rings (SSSR count). The molecule has 4 aromatic rings. The van der Waals surface area contributed by atoms with Gasteiger partial charge in [-0.2, -0.15) is 0 Å². The molecule has 2 heterocycles. The van der Waals surface area contributed by atoms with Crippen molar-refractivity contribution in [2.75, 3.05) is 5.32 Å². The van der Waals surface area contributed by atoms with E-state index in [1.807, 2.05) is 63.2 Å². The van der Waals surface area contributed by atoms with Gasteiger partial charge in [0.15, 0.2) is 5.65 Å². The van der Waals surface area contributed by atoms with Crippen molar-refractivity contribution in [3.05, 3.63) is 53.6 Å². The second kappa shape index (κ2) is 7.00. The van der Waals surface area contributed by atoms with E-state index in [-0.39, 0.29) is 11.2 Å². The maximum Gasteiger partial charge on any atom is 0.237 e. The third-order valence-electron chi connectivity index (χ3n) is 4.39. The van der Waals surface area contributed by atoms with E-state index in [1.54, 1.807) is 0 Å². The highest BCUT2D eigenvalue weighted by atomic mass is 32.2. The number of hydrogen-bond acceptors (Lipinski definition) is 5. The Balaban J connectivity index is 1.52. The van der Waals surface area contributed by atoms with Gasteiger partial charge < -0.3 is 10.3 Å². The van der Waals surface area contributed by atoms with Crippen LogP contribution >= 0.6 is 11.8 Å². The molecule has 0 radical (unpaired) electrons. The molecular formula is C20H19N5OS. The minimum absolute atomic E-state index is 0.0905. The standard InChI is InChI=1S/C20H19N5OS/c1-11-8-9-15(12(2)10-11)22-19(26)13(3)27-20-23-18-17(24-25-20)14-6-4-5-7-16(14)21-18/h4-10,13H,1-3H3,(H,22,26)(H,21,23,25). The fourth-order valence-corrected chi connectivity index (χ4v) is 3.67. The van der Waals surface area contributed by atoms with Gasteiger partial charge in [0.2, 0.25) is 11.1 Å². The summed E-state index contributed by atoms with van der Waals surface area (Å²) in [5.74, 6) is -0.0905. The van der Waals surface area contributed by atoms with Gasteiger partial charge in [0.05, 0.1) is 5.25 Å². The average molecular weight is 377 g/mol. The van der Waals surface area contributed by atoms with Crippen molar-refractivity contribution in [3.8, 4) is 0 Å². The van der Waals surface area contributed by atoms with Gasteiger partial charge in [-0.05, 0) is 38.5 Å². The zero-order valence-corrected chi connectivity index (χ0v) is 16.1. The number of thioether (sulfide) groups is 1. The number of aromatic amines is 1. The second-order valence-electron chi connectivity index (χ2n) is 6.53. The summed E-state index contributed by atoms with van der Waals surface area (Å²) < 4.78 is 0. The van der Waals surface area contributed by atoms with Crippen molar-refractivity contribution in [1.29, 1.82) is 0 Å². The topological polar surface area (TPSA) is 83.6 Å². The number of H-pyrrole nitrogens is 1. The van der Waals surface area contributed by atoms with Gasteiger partial charge in [0, 0.05) is 16.6 Å². The van der Waals surface area contributed by atoms with Gasteiger partial charge in [-0.3, -0.25) is 4.79 Å². The summed E-state index contributed by atoms with van der Waals surface area (Å²) in [7, 11) is 0. The predicted molar refractivity (Wildman–Crippen MR) is 109 cm³/mol. The highest BCUT2D eigenvalue weighted by molar-refractivity contribution is 8.00. The van der Waals surface area contributed by atoms with E-state index < -0.39 is 0 Å². The third kappa shape index (κ3) is 3.50. The van der Waals surface area contributed by atoms with Crippen molar-refractivity contribution < 1.29 is 4.79 Å². The number of anilines is 1. The van der Waals surface area contributed by atoms with Crippen LogP contribution in [0.3, 0.4) is 0 Å². The molecule has 1 amide bonds. The molecule has 6 nitrogen and oxygen atoms in total. The number of aryl methyl sites for hydroxylation is 2. The van der Waals surface area contributed by atoms with Crippen LogP contribution in [0, 0.1) is 13.8 Å². The lowest BCUT2D eigenvalue weighted by Gasteiger charge is -2.13. The first-order valence-corrected chi connectivity index (χ1v) is 9.55. The molecule has 7 heteroatoms. The smallest absolute Gasteiger partial charge is 0.237 e. The maximum atomic E-state index is 12.5. The Kier molecular flexibility index (Phi) is 4.53. The molecule has 0 saturated carbocycles. The number of hydrogen-bond donors (Lipinski definition) is 2. The number of amides is 1. The zero-order chi connectivity index (χ0) is 19.0. The number of carbonyl (C=O) groups excluding carboxylic acids is 1. The lowest BCUT2D eigenvalue weighted by molar-refractivity contribution is -0.115. The lowest BCUT2D eigenvalue weighted by Crippen LogP contribution is -2.23. The van der Waals surface area contributed by atoms with Gasteiger partial charge in [0.25, 0.3) is 0 Å². The molecular weight excluding hydrogens is 358 g/mol. The van der Waals surface area contributed by atoms with Crippen LogP contribution in [0.15, 0.2) is 47.6 Å². The summed E-state index contributed by atoms with van der Waals surface area (Å²) in [5.41, 5.74) is 5.41. The third-order valence-corrected chi connectivity index (χ3v) is 5.35. The SMILES string of the molecule is Cc1ccc(NC(=O)C(C)Sc2nnc3c(n2)[nH]c2ccccc23)c(C)c1. The van der Waals surface area contributed by atoms with Gasteiger partial charge >= 0.3 is 0 Å². The van der Waals surface area contributed by atoms with E-state index in [1.165, 1.54) is 17.3 Å². The van der Waals surface area contributed by atoms with Gasteiger partial charge in [0.1, 0.15) is 5.52 Å². The van der Waals surface area contributed by atoms with Crippen LogP contribution in [0.2, 0.25) is 0 Å². The number of fused-ring (bicyclic) bond motifs is 3. The number of nitrogens with zero attached hydrogens (tertiary/aromatic N) is 3. The van der Waals surface area contributed by atoms with Crippen molar-refractivity contribution in [3.63, 3.8) is 0 Å². The van der Waals surface area contributed by atoms with Crippen molar-refractivity contribution in [2.45, 2.75) is 31.2 Å². The van der Waals surface area contributed by atoms with E-state index in [9.17, 15) is 4.79 Å². The molecule has 2 aromatic heterocycles. The zero-order valence-electron chi connectivity index (χ0n) is 15.3. The second-order valence-corrected chi connectivity index (χ2v) is 7.84. The molecule has 0 spiro atoms. The first-order valence-electron chi connectivity index (χ1n) is 8.67. The van der Waals surface area contributed by atoms with E-state index >= 15 is 0 Å². The van der Waals surface area contributed by atoms with Crippen LogP contribution < -0.4 is 5.32 Å². The van der Waals surface area contributed by atoms with Crippen LogP contribution in [0.5, 0.6) is 0 Å². The van der Waals surface area contributed by atoms with Crippen LogP contribution in [0.25, 0.3) is 22.1 Å². The summed E-state index contributed by atoms with van der Waals surface area (Å²) in [4.78, 5) is 20.3. The van der Waals surface area contributed by atoms with Crippen LogP contribution in [-0.4, -0.2) is 31.3 Å². The number of para-hydroxylation sites is 1. The van der Waals surface area contributed by atoms with Crippen molar-refractivity contribution >= 4 is 45.4 Å². The first-order chi connectivity index (χ1) is 13.0. The monoisotopic (exact) mass is 377 g/mol. The molecule has 1 atom stereocenters. The van der Waals surface area contributed by atoms with E-state index in [4.69, 9.17) is 0 Å². The molecule has 27 heavy (non-hydrogen) atoms. The van der Waals surface area contributed by atoms with Crippen molar-refractivity contribution in [2.24, 2.45) is 0 Å². The number of carbonyl (C=O) groups is 1. The van der Waals surface area contributed by atoms with Crippen molar-refractivity contribution in [1.82, 2.24) is 20.2 Å². The molecule has 0 bridgehead atoms. The lowest BCUT2D eigenvalue weighted by atomic mass is 10.1. The van der Waals surface area contributed by atoms with Crippen LogP contribution in [0.1, 0.15) is 18.1 Å². The Bertz CT molecular complexity index is 1150. The Morgan fingerprint density at radius 1 is 1.15 bits per heavy atom. The molecule has 1 unspecified atom stereocenters. The maximum absolute atomic E-state index is 12.5. The number of aromatic nitrogens is 4. The Labute approximate surface area is 160 Å². The fourth-order valence-electron chi connectivity index (χ4n) is 2.96. The normalized spacial score (nSPS) is 12.4. The first kappa shape index (κ1) is 17.5. The Hall–Kier alpha value is -2.93. The number of nitrogens with one attached hydrogen (secondary N) is 2. The molecule has 0 aliphatic rings. The molecule has 0 saturated heterocycles. The molecule has 136 valence electrons. The Morgan fingerprint density at radius 3 is 2.78 bits per heavy atom. The van der Waals surface area contributed by atoms with E-state index in [0.717, 1.165) is 27.7 Å². The molecule has 0 fully saturated rings. The molecule has 2 aromatic carbocycles. The number of rotatable bonds is 4. The number of benzene rings is 2. The van der Waals surface area contributed by atoms with E-state index in [0.29, 0.717) is 10.8 Å². The van der Waals surface area contributed by atoms with Crippen LogP contribution in [0.4, 0.5) is 5.69 Å². The van der Waals surface area contributed by atoms with E-state index in [2.05, 4.69) is 25.5 Å². The van der Waals surface area contributed by atoms with Crippen LogP contribution in [-0.2, 0) is 4.79 Å². The average Bonchev–Trinajstić information content (AvgIpc) is 3.01. The van der Waals surface area contributed by atoms with Gasteiger partial charge in [-0.15, -0.1) is 10.2 Å². The summed E-state index contributed by atoms with van der Waals surface area (Å²) in [6.07, 6.45) is 0. The fraction of sp³-hybridized carbons (Fsp3) is 0.200. The van der Waals surface area contributed by atoms with Gasteiger partial charge in [-0.1, -0.05) is 47.7 Å². The molecule has 0 aliphatic carbocycles. The summed E-state index contributed by atoms with van der Waals surface area (Å²) in [5, 5.41) is 12.6. The van der Waals surface area contributed by atoms with Gasteiger partial charge in [-0.25, -0.2) is 4.98 Å². The Morgan fingerprint density at radius 2 is 1.96 bits per heavy atom. The minimum Gasteiger partial charge on any atom is -0.338 e. The predicted octanol–water partition coefficient (Wildman–Crippen LogP) is 4.24. The molecule has 0 aliphatic heterocycles. The minimum atomic E-state index is -0.352.